The minimum atomic E-state index is -1.01. The van der Waals surface area contributed by atoms with Crippen molar-refractivity contribution in [1.29, 1.82) is 0 Å². The van der Waals surface area contributed by atoms with Crippen LogP contribution in [0.4, 0.5) is 0 Å². The molecule has 0 aliphatic rings. The van der Waals surface area contributed by atoms with Crippen molar-refractivity contribution in [2.24, 2.45) is 5.92 Å². The molecule has 1 amide bonds. The van der Waals surface area contributed by atoms with Crippen LogP contribution in [0.25, 0.3) is 0 Å². The predicted octanol–water partition coefficient (Wildman–Crippen LogP) is 1.66. The summed E-state index contributed by atoms with van der Waals surface area (Å²) < 4.78 is 1.46. The number of carbonyl (C=O) groups is 2. The quantitative estimate of drug-likeness (QED) is 0.808. The molecule has 5 nitrogen and oxygen atoms in total. The van der Waals surface area contributed by atoms with Gasteiger partial charge in [0.15, 0.2) is 0 Å². The molecule has 0 aliphatic carbocycles. The molecule has 1 rings (SSSR count). The van der Waals surface area contributed by atoms with E-state index in [0.29, 0.717) is 18.0 Å². The number of amides is 1. The predicted molar refractivity (Wildman–Crippen MR) is 68.6 cm³/mol. The van der Waals surface area contributed by atoms with Gasteiger partial charge in [0.05, 0.1) is 0 Å². The number of rotatable bonds is 6. The first kappa shape index (κ1) is 14.3. The number of aromatic nitrogens is 1. The smallest absolute Gasteiger partial charge is 0.352 e. The number of carbonyl (C=O) groups excluding carboxylic acids is 1. The molecular weight excluding hydrogens is 232 g/mol. The molecule has 0 saturated carbocycles. The average molecular weight is 252 g/mol. The first-order valence-corrected chi connectivity index (χ1v) is 6.07. The summed E-state index contributed by atoms with van der Waals surface area (Å²) in [5.74, 6) is -0.630. The first-order chi connectivity index (χ1) is 8.41. The highest BCUT2D eigenvalue weighted by molar-refractivity contribution is 5.88. The Morgan fingerprint density at radius 1 is 1.44 bits per heavy atom. The SMILES string of the molecule is Cc1ccn(CC(=O)NCCC(C)C)c1C(=O)O. The van der Waals surface area contributed by atoms with Gasteiger partial charge in [-0.25, -0.2) is 4.79 Å². The molecule has 5 heteroatoms. The second-order valence-electron chi connectivity index (χ2n) is 4.81. The lowest BCUT2D eigenvalue weighted by Gasteiger charge is -2.09. The summed E-state index contributed by atoms with van der Waals surface area (Å²) in [5, 5.41) is 11.8. The number of hydrogen-bond acceptors (Lipinski definition) is 2. The highest BCUT2D eigenvalue weighted by Gasteiger charge is 2.15. The summed E-state index contributed by atoms with van der Waals surface area (Å²) in [6.45, 7) is 6.57. The molecule has 0 radical (unpaired) electrons. The number of nitrogens with zero attached hydrogens (tertiary/aromatic N) is 1. The summed E-state index contributed by atoms with van der Waals surface area (Å²) in [5.41, 5.74) is 0.839. The molecule has 2 N–H and O–H groups in total. The molecule has 0 spiro atoms. The van der Waals surface area contributed by atoms with Gasteiger partial charge in [-0.2, -0.15) is 0 Å². The number of hydrogen-bond donors (Lipinski definition) is 2. The Balaban J connectivity index is 2.57. The Bertz CT molecular complexity index is 435. The van der Waals surface area contributed by atoms with E-state index in [1.54, 1.807) is 19.2 Å². The maximum absolute atomic E-state index is 11.7. The van der Waals surface area contributed by atoms with Gasteiger partial charge in [-0.1, -0.05) is 13.8 Å². The molecule has 0 saturated heterocycles. The van der Waals surface area contributed by atoms with Crippen LogP contribution in [-0.2, 0) is 11.3 Å². The minimum Gasteiger partial charge on any atom is -0.477 e. The second-order valence-corrected chi connectivity index (χ2v) is 4.81. The van der Waals surface area contributed by atoms with Gasteiger partial charge in [0.2, 0.25) is 5.91 Å². The van der Waals surface area contributed by atoms with Gasteiger partial charge in [-0.05, 0) is 30.9 Å². The molecule has 100 valence electrons. The lowest BCUT2D eigenvalue weighted by atomic mass is 10.1. The summed E-state index contributed by atoms with van der Waals surface area (Å²) in [6, 6.07) is 1.70. The van der Waals surface area contributed by atoms with E-state index >= 15 is 0 Å². The third kappa shape index (κ3) is 3.91. The van der Waals surface area contributed by atoms with Crippen molar-refractivity contribution in [3.05, 3.63) is 23.5 Å². The lowest BCUT2D eigenvalue weighted by Crippen LogP contribution is -2.29. The molecule has 1 aromatic heterocycles. The fourth-order valence-electron chi connectivity index (χ4n) is 1.72. The van der Waals surface area contributed by atoms with E-state index in [2.05, 4.69) is 19.2 Å². The van der Waals surface area contributed by atoms with Gasteiger partial charge in [0.1, 0.15) is 12.2 Å². The van der Waals surface area contributed by atoms with Crippen LogP contribution in [0, 0.1) is 12.8 Å². The zero-order valence-corrected chi connectivity index (χ0v) is 11.1. The van der Waals surface area contributed by atoms with Crippen LogP contribution in [0.2, 0.25) is 0 Å². The Morgan fingerprint density at radius 2 is 2.11 bits per heavy atom. The molecule has 1 aromatic rings. The molecule has 0 bridgehead atoms. The summed E-state index contributed by atoms with van der Waals surface area (Å²) >= 11 is 0. The van der Waals surface area contributed by atoms with Crippen molar-refractivity contribution >= 4 is 11.9 Å². The summed E-state index contributed by atoms with van der Waals surface area (Å²) in [6.07, 6.45) is 2.54. The second kappa shape index (κ2) is 6.23. The molecule has 1 heterocycles. The third-order valence-electron chi connectivity index (χ3n) is 2.73. The summed E-state index contributed by atoms with van der Waals surface area (Å²) in [7, 11) is 0. The van der Waals surface area contributed by atoms with Crippen molar-refractivity contribution in [2.75, 3.05) is 6.54 Å². The van der Waals surface area contributed by atoms with Gasteiger partial charge >= 0.3 is 5.97 Å². The van der Waals surface area contributed by atoms with E-state index in [1.165, 1.54) is 4.57 Å². The molecule has 18 heavy (non-hydrogen) atoms. The van der Waals surface area contributed by atoms with Crippen molar-refractivity contribution in [2.45, 2.75) is 33.7 Å². The van der Waals surface area contributed by atoms with E-state index in [-0.39, 0.29) is 18.1 Å². The van der Waals surface area contributed by atoms with Crippen LogP contribution in [0.1, 0.15) is 36.3 Å². The van der Waals surface area contributed by atoms with E-state index in [1.807, 2.05) is 0 Å². The zero-order valence-electron chi connectivity index (χ0n) is 11.1. The topological polar surface area (TPSA) is 71.3 Å². The number of carboxylic acid groups (broad SMARTS) is 1. The van der Waals surface area contributed by atoms with Crippen LogP contribution in [0.15, 0.2) is 12.3 Å². The van der Waals surface area contributed by atoms with E-state index in [4.69, 9.17) is 5.11 Å². The van der Waals surface area contributed by atoms with Crippen LogP contribution >= 0.6 is 0 Å². The maximum atomic E-state index is 11.7. The van der Waals surface area contributed by atoms with Gasteiger partial charge in [-0.3, -0.25) is 4.79 Å². The van der Waals surface area contributed by atoms with Gasteiger partial charge in [0.25, 0.3) is 0 Å². The van der Waals surface area contributed by atoms with Crippen molar-refractivity contribution in [1.82, 2.24) is 9.88 Å². The molecule has 0 fully saturated rings. The lowest BCUT2D eigenvalue weighted by molar-refractivity contribution is -0.121. The van der Waals surface area contributed by atoms with Gasteiger partial charge in [0, 0.05) is 12.7 Å². The number of aryl methyl sites for hydroxylation is 1. The van der Waals surface area contributed by atoms with Crippen molar-refractivity contribution in [3.8, 4) is 0 Å². The molecule has 0 atom stereocenters. The minimum absolute atomic E-state index is 0.0492. The van der Waals surface area contributed by atoms with E-state index in [0.717, 1.165) is 6.42 Å². The van der Waals surface area contributed by atoms with Crippen LogP contribution in [-0.4, -0.2) is 28.1 Å². The van der Waals surface area contributed by atoms with Crippen LogP contribution in [0.5, 0.6) is 0 Å². The van der Waals surface area contributed by atoms with E-state index < -0.39 is 5.97 Å². The number of nitrogens with one attached hydrogen (secondary N) is 1. The highest BCUT2D eigenvalue weighted by Crippen LogP contribution is 2.09. The largest absolute Gasteiger partial charge is 0.477 e. The Kier molecular flexibility index (Phi) is 4.95. The Labute approximate surface area is 107 Å². The third-order valence-corrected chi connectivity index (χ3v) is 2.73. The summed E-state index contributed by atoms with van der Waals surface area (Å²) in [4.78, 5) is 22.7. The molecule has 0 aromatic carbocycles. The maximum Gasteiger partial charge on any atom is 0.352 e. The van der Waals surface area contributed by atoms with Gasteiger partial charge in [-0.15, -0.1) is 0 Å². The van der Waals surface area contributed by atoms with Gasteiger partial charge < -0.3 is 15.0 Å². The number of aromatic carboxylic acids is 1. The Morgan fingerprint density at radius 3 is 2.67 bits per heavy atom. The Hall–Kier alpha value is -1.78. The fourth-order valence-corrected chi connectivity index (χ4v) is 1.72. The molecular formula is C13H20N2O3. The van der Waals surface area contributed by atoms with Crippen molar-refractivity contribution < 1.29 is 14.7 Å². The average Bonchev–Trinajstić information content (AvgIpc) is 2.58. The van der Waals surface area contributed by atoms with E-state index in [9.17, 15) is 9.59 Å². The van der Waals surface area contributed by atoms with Crippen LogP contribution < -0.4 is 5.32 Å². The molecule has 0 unspecified atom stereocenters. The standard InChI is InChI=1S/C13H20N2O3/c1-9(2)4-6-14-11(16)8-15-7-5-10(3)12(15)13(17)18/h5,7,9H,4,6,8H2,1-3H3,(H,14,16)(H,17,18). The zero-order chi connectivity index (χ0) is 13.7. The fraction of sp³-hybridized carbons (Fsp3) is 0.538. The number of carboxylic acids is 1. The molecule has 0 aliphatic heterocycles. The van der Waals surface area contributed by atoms with Crippen LogP contribution in [0.3, 0.4) is 0 Å². The van der Waals surface area contributed by atoms with Crippen molar-refractivity contribution in [3.63, 3.8) is 0 Å². The normalized spacial score (nSPS) is 10.7. The monoisotopic (exact) mass is 252 g/mol. The first-order valence-electron chi connectivity index (χ1n) is 6.07. The highest BCUT2D eigenvalue weighted by atomic mass is 16.4.